The van der Waals surface area contributed by atoms with Gasteiger partial charge in [0, 0.05) is 18.9 Å². The number of amides is 1. The Balaban J connectivity index is 2.15. The normalized spacial score (nSPS) is 29.0. The number of hydrogen-bond donors (Lipinski definition) is 1. The maximum absolute atomic E-state index is 12.3. The van der Waals surface area contributed by atoms with Crippen LogP contribution in [0.25, 0.3) is 0 Å². The van der Waals surface area contributed by atoms with Crippen LogP contribution in [0.5, 0.6) is 0 Å². The molecule has 2 saturated heterocycles. The first kappa shape index (κ1) is 19.1. The van der Waals surface area contributed by atoms with Crippen LogP contribution in [0, 0.1) is 5.92 Å². The van der Waals surface area contributed by atoms with E-state index in [1.165, 1.54) is 4.90 Å². The fourth-order valence-electron chi connectivity index (χ4n) is 2.91. The van der Waals surface area contributed by atoms with Crippen molar-refractivity contribution in [3.05, 3.63) is 0 Å². The van der Waals surface area contributed by atoms with E-state index in [2.05, 4.69) is 0 Å². The van der Waals surface area contributed by atoms with Crippen LogP contribution < -0.4 is 0 Å². The molecular formula is C16H28BNO6. The van der Waals surface area contributed by atoms with E-state index < -0.39 is 47.7 Å². The average Bonchev–Trinajstić information content (AvgIpc) is 2.87. The summed E-state index contributed by atoms with van der Waals surface area (Å²) in [6.45, 7) is 13.4. The molecule has 2 aliphatic rings. The Morgan fingerprint density at radius 1 is 1.12 bits per heavy atom. The van der Waals surface area contributed by atoms with Gasteiger partial charge in [0.1, 0.15) is 5.60 Å². The number of nitrogens with zero attached hydrogens (tertiary/aromatic N) is 1. The highest BCUT2D eigenvalue weighted by Gasteiger charge is 2.58. The number of carboxylic acid groups (broad SMARTS) is 1. The number of likely N-dealkylation sites (tertiary alicyclic amines) is 1. The Hall–Kier alpha value is -1.28. The fraction of sp³-hybridized carbons (Fsp3) is 0.875. The van der Waals surface area contributed by atoms with Gasteiger partial charge in [-0.25, -0.2) is 4.79 Å². The van der Waals surface area contributed by atoms with Crippen LogP contribution in [-0.2, 0) is 18.8 Å². The summed E-state index contributed by atoms with van der Waals surface area (Å²) in [7, 11) is -0.663. The van der Waals surface area contributed by atoms with Crippen LogP contribution in [0.1, 0.15) is 48.5 Å². The molecule has 2 fully saturated rings. The van der Waals surface area contributed by atoms with Gasteiger partial charge >= 0.3 is 19.2 Å². The van der Waals surface area contributed by atoms with Crippen molar-refractivity contribution in [2.75, 3.05) is 13.1 Å². The third-order valence-electron chi connectivity index (χ3n) is 4.96. The largest absolute Gasteiger partial charge is 0.481 e. The smallest absolute Gasteiger partial charge is 0.463 e. The molecule has 2 atom stereocenters. The zero-order valence-electron chi connectivity index (χ0n) is 15.6. The van der Waals surface area contributed by atoms with Gasteiger partial charge in [0.25, 0.3) is 0 Å². The molecule has 24 heavy (non-hydrogen) atoms. The molecule has 2 rings (SSSR count). The van der Waals surface area contributed by atoms with Crippen molar-refractivity contribution in [3.8, 4) is 0 Å². The molecule has 0 radical (unpaired) electrons. The summed E-state index contributed by atoms with van der Waals surface area (Å²) in [6.07, 6.45) is -0.507. The van der Waals surface area contributed by atoms with E-state index in [9.17, 15) is 14.7 Å². The molecular weight excluding hydrogens is 313 g/mol. The Labute approximate surface area is 143 Å². The SMILES string of the molecule is CC(C)(C)OC(=O)N1C[C@@H](B2OC(C)(C)C(C)(C)O2)[C@H](C(=O)O)C1. The number of carbonyl (C=O) groups is 2. The number of hydrogen-bond acceptors (Lipinski definition) is 5. The van der Waals surface area contributed by atoms with Gasteiger partial charge in [-0.2, -0.15) is 0 Å². The van der Waals surface area contributed by atoms with E-state index in [0.717, 1.165) is 0 Å². The van der Waals surface area contributed by atoms with Crippen molar-refractivity contribution in [3.63, 3.8) is 0 Å². The van der Waals surface area contributed by atoms with Crippen molar-refractivity contribution in [1.82, 2.24) is 4.90 Å². The molecule has 0 aromatic heterocycles. The molecule has 0 aromatic carbocycles. The number of rotatable bonds is 2. The van der Waals surface area contributed by atoms with E-state index in [0.29, 0.717) is 0 Å². The van der Waals surface area contributed by atoms with Crippen LogP contribution in [0.4, 0.5) is 4.79 Å². The highest BCUT2D eigenvalue weighted by molar-refractivity contribution is 6.48. The van der Waals surface area contributed by atoms with Crippen molar-refractivity contribution < 1.29 is 28.7 Å². The third-order valence-corrected chi connectivity index (χ3v) is 4.96. The van der Waals surface area contributed by atoms with Crippen LogP contribution >= 0.6 is 0 Å². The monoisotopic (exact) mass is 341 g/mol. The summed E-state index contributed by atoms with van der Waals surface area (Å²) in [5.41, 5.74) is -1.71. The maximum Gasteiger partial charge on any atom is 0.463 e. The predicted octanol–water partition coefficient (Wildman–Crippen LogP) is 2.40. The Morgan fingerprint density at radius 2 is 1.62 bits per heavy atom. The summed E-state index contributed by atoms with van der Waals surface area (Å²) in [4.78, 5) is 25.4. The quantitative estimate of drug-likeness (QED) is 0.777. The Kier molecular flexibility index (Phi) is 4.69. The molecule has 1 N–H and O–H groups in total. The number of carboxylic acids is 1. The van der Waals surface area contributed by atoms with Gasteiger partial charge in [0.15, 0.2) is 0 Å². The predicted molar refractivity (Wildman–Crippen MR) is 88.8 cm³/mol. The van der Waals surface area contributed by atoms with Crippen molar-refractivity contribution in [2.45, 2.75) is 71.1 Å². The second-order valence-electron chi connectivity index (χ2n) is 8.62. The van der Waals surface area contributed by atoms with Gasteiger partial charge in [-0.3, -0.25) is 4.79 Å². The molecule has 136 valence electrons. The summed E-state index contributed by atoms with van der Waals surface area (Å²) < 4.78 is 17.3. The Bertz CT molecular complexity index is 511. The lowest BCUT2D eigenvalue weighted by Gasteiger charge is -2.32. The molecule has 7 nitrogen and oxygen atoms in total. The first-order valence-electron chi connectivity index (χ1n) is 8.30. The van der Waals surface area contributed by atoms with Crippen LogP contribution in [0.15, 0.2) is 0 Å². The van der Waals surface area contributed by atoms with E-state index in [1.54, 1.807) is 20.8 Å². The molecule has 2 aliphatic heterocycles. The lowest BCUT2D eigenvalue weighted by atomic mass is 9.66. The number of aliphatic carboxylic acids is 1. The standard InChI is InChI=1S/C16H28BNO6/c1-14(2,3)22-13(21)18-8-10(12(19)20)11(9-18)17-23-15(4,5)16(6,7)24-17/h10-11H,8-9H2,1-7H3,(H,19,20)/t10-,11-/m1/s1. The summed E-state index contributed by atoms with van der Waals surface area (Å²) in [5.74, 6) is -2.14. The third kappa shape index (κ3) is 3.69. The van der Waals surface area contributed by atoms with Crippen LogP contribution in [-0.4, -0.2) is 59.1 Å². The zero-order chi connectivity index (χ0) is 18.5. The second kappa shape index (κ2) is 5.91. The van der Waals surface area contributed by atoms with E-state index in [-0.39, 0.29) is 13.1 Å². The van der Waals surface area contributed by atoms with Crippen molar-refractivity contribution >= 4 is 19.2 Å². The molecule has 0 aromatic rings. The van der Waals surface area contributed by atoms with E-state index in [1.807, 2.05) is 27.7 Å². The fourth-order valence-corrected chi connectivity index (χ4v) is 2.91. The molecule has 2 heterocycles. The molecule has 1 amide bonds. The molecule has 0 spiro atoms. The van der Waals surface area contributed by atoms with Gasteiger partial charge in [-0.15, -0.1) is 0 Å². The maximum atomic E-state index is 12.3. The molecule has 8 heteroatoms. The molecule has 0 bridgehead atoms. The van der Waals surface area contributed by atoms with Gasteiger partial charge in [0.2, 0.25) is 0 Å². The first-order chi connectivity index (χ1) is 10.7. The highest BCUT2D eigenvalue weighted by atomic mass is 16.7. The van der Waals surface area contributed by atoms with Gasteiger partial charge < -0.3 is 24.1 Å². The minimum Gasteiger partial charge on any atom is -0.481 e. The lowest BCUT2D eigenvalue weighted by molar-refractivity contribution is -0.141. The Morgan fingerprint density at radius 3 is 2.04 bits per heavy atom. The lowest BCUT2D eigenvalue weighted by Crippen LogP contribution is -2.41. The van der Waals surface area contributed by atoms with Gasteiger partial charge in [-0.05, 0) is 48.5 Å². The minimum absolute atomic E-state index is 0.0962. The second-order valence-corrected chi connectivity index (χ2v) is 8.62. The summed E-state index contributed by atoms with van der Waals surface area (Å²) in [5, 5.41) is 9.55. The van der Waals surface area contributed by atoms with Crippen LogP contribution in [0.2, 0.25) is 5.82 Å². The molecule has 0 unspecified atom stereocenters. The summed E-state index contributed by atoms with van der Waals surface area (Å²) >= 11 is 0. The zero-order valence-corrected chi connectivity index (χ0v) is 15.6. The number of ether oxygens (including phenoxy) is 1. The van der Waals surface area contributed by atoms with E-state index in [4.69, 9.17) is 14.0 Å². The highest BCUT2D eigenvalue weighted by Crippen LogP contribution is 2.44. The number of carbonyl (C=O) groups excluding carboxylic acids is 1. The molecule has 0 aliphatic carbocycles. The topological polar surface area (TPSA) is 85.3 Å². The average molecular weight is 341 g/mol. The van der Waals surface area contributed by atoms with Gasteiger partial charge in [0.05, 0.1) is 17.1 Å². The first-order valence-corrected chi connectivity index (χ1v) is 8.30. The van der Waals surface area contributed by atoms with Crippen molar-refractivity contribution in [1.29, 1.82) is 0 Å². The molecule has 0 saturated carbocycles. The van der Waals surface area contributed by atoms with Gasteiger partial charge in [-0.1, -0.05) is 0 Å². The van der Waals surface area contributed by atoms with Crippen LogP contribution in [0.3, 0.4) is 0 Å². The van der Waals surface area contributed by atoms with E-state index >= 15 is 0 Å². The summed E-state index contributed by atoms with van der Waals surface area (Å²) in [6, 6.07) is 0. The minimum atomic E-state index is -0.958. The van der Waals surface area contributed by atoms with Crippen molar-refractivity contribution in [2.24, 2.45) is 5.92 Å².